The van der Waals surface area contributed by atoms with E-state index in [0.717, 1.165) is 33.9 Å². The van der Waals surface area contributed by atoms with Gasteiger partial charge in [-0.3, -0.25) is 9.69 Å². The van der Waals surface area contributed by atoms with Gasteiger partial charge in [-0.1, -0.05) is 66.2 Å². The zero-order valence-electron chi connectivity index (χ0n) is 20.3. The summed E-state index contributed by atoms with van der Waals surface area (Å²) >= 11 is 0. The SMILES string of the molecule is CCN1C(=O)/C(=C\c2ccc(N(c3ccccc3)c3ccccc3)cc2)O/C1=N/c1ccc(C)cc1. The molecule has 5 heteroatoms. The van der Waals surface area contributed by atoms with E-state index < -0.39 is 0 Å². The van der Waals surface area contributed by atoms with Gasteiger partial charge in [0.2, 0.25) is 0 Å². The van der Waals surface area contributed by atoms with Gasteiger partial charge in [-0.05, 0) is 74.0 Å². The second-order valence-corrected chi connectivity index (χ2v) is 8.49. The van der Waals surface area contributed by atoms with E-state index in [1.54, 1.807) is 11.0 Å². The number of aryl methyl sites for hydroxylation is 1. The predicted octanol–water partition coefficient (Wildman–Crippen LogP) is 7.37. The number of carbonyl (C=O) groups excluding carboxylic acids is 1. The van der Waals surface area contributed by atoms with E-state index in [1.165, 1.54) is 0 Å². The monoisotopic (exact) mass is 473 g/mol. The van der Waals surface area contributed by atoms with E-state index in [4.69, 9.17) is 4.74 Å². The van der Waals surface area contributed by atoms with Crippen LogP contribution >= 0.6 is 0 Å². The molecule has 0 radical (unpaired) electrons. The van der Waals surface area contributed by atoms with Gasteiger partial charge < -0.3 is 9.64 Å². The molecule has 0 aliphatic carbocycles. The molecule has 1 heterocycles. The normalized spacial score (nSPS) is 15.4. The summed E-state index contributed by atoms with van der Waals surface area (Å²) < 4.78 is 5.91. The van der Waals surface area contributed by atoms with Crippen LogP contribution in [0.3, 0.4) is 0 Å². The number of aliphatic imine (C=N–C) groups is 1. The van der Waals surface area contributed by atoms with Crippen molar-refractivity contribution in [1.82, 2.24) is 4.90 Å². The number of nitrogens with zero attached hydrogens (tertiary/aromatic N) is 3. The lowest BCUT2D eigenvalue weighted by Gasteiger charge is -2.25. The van der Waals surface area contributed by atoms with Crippen LogP contribution in [-0.4, -0.2) is 23.4 Å². The number of amides is 1. The van der Waals surface area contributed by atoms with Gasteiger partial charge in [-0.15, -0.1) is 0 Å². The van der Waals surface area contributed by atoms with Crippen LogP contribution in [0.1, 0.15) is 18.1 Å². The molecule has 0 atom stereocenters. The first kappa shape index (κ1) is 23.1. The van der Waals surface area contributed by atoms with Gasteiger partial charge in [0.25, 0.3) is 5.91 Å². The fourth-order valence-corrected chi connectivity index (χ4v) is 4.07. The average Bonchev–Trinajstić information content (AvgIpc) is 3.21. The quantitative estimate of drug-likeness (QED) is 0.275. The van der Waals surface area contributed by atoms with Crippen LogP contribution in [-0.2, 0) is 9.53 Å². The van der Waals surface area contributed by atoms with E-state index in [0.29, 0.717) is 12.6 Å². The zero-order chi connectivity index (χ0) is 24.9. The second-order valence-electron chi connectivity index (χ2n) is 8.49. The molecule has 0 aromatic heterocycles. The number of rotatable bonds is 6. The minimum Gasteiger partial charge on any atom is -0.419 e. The Morgan fingerprint density at radius 2 is 1.33 bits per heavy atom. The maximum absolute atomic E-state index is 13.0. The van der Waals surface area contributed by atoms with E-state index in [9.17, 15) is 4.79 Å². The number of ether oxygens (including phenoxy) is 1. The molecule has 5 rings (SSSR count). The molecule has 178 valence electrons. The number of para-hydroxylation sites is 2. The molecule has 1 saturated heterocycles. The molecule has 36 heavy (non-hydrogen) atoms. The molecule has 1 aliphatic rings. The van der Waals surface area contributed by atoms with Crippen molar-refractivity contribution < 1.29 is 9.53 Å². The first-order chi connectivity index (χ1) is 17.6. The summed E-state index contributed by atoms with van der Waals surface area (Å²) in [5.74, 6) is 0.0704. The van der Waals surface area contributed by atoms with Crippen LogP contribution in [0.15, 0.2) is 120 Å². The van der Waals surface area contributed by atoms with Gasteiger partial charge in [-0.25, -0.2) is 0 Å². The van der Waals surface area contributed by atoms with E-state index in [-0.39, 0.29) is 11.7 Å². The highest BCUT2D eigenvalue weighted by atomic mass is 16.5. The molecule has 0 spiro atoms. The molecule has 0 unspecified atom stereocenters. The van der Waals surface area contributed by atoms with Crippen molar-refractivity contribution in [2.24, 2.45) is 4.99 Å². The van der Waals surface area contributed by atoms with Crippen molar-refractivity contribution in [3.63, 3.8) is 0 Å². The lowest BCUT2D eigenvalue weighted by atomic mass is 10.1. The fourth-order valence-electron chi connectivity index (χ4n) is 4.07. The van der Waals surface area contributed by atoms with E-state index in [1.807, 2.05) is 98.8 Å². The van der Waals surface area contributed by atoms with Crippen LogP contribution < -0.4 is 4.90 Å². The van der Waals surface area contributed by atoms with Crippen molar-refractivity contribution in [2.75, 3.05) is 11.4 Å². The topological polar surface area (TPSA) is 45.1 Å². The van der Waals surface area contributed by atoms with Gasteiger partial charge in [0.1, 0.15) is 0 Å². The van der Waals surface area contributed by atoms with Gasteiger partial charge >= 0.3 is 6.02 Å². The lowest BCUT2D eigenvalue weighted by Crippen LogP contribution is -2.29. The summed E-state index contributed by atoms with van der Waals surface area (Å²) in [6, 6.07) is 36.6. The smallest absolute Gasteiger partial charge is 0.305 e. The molecule has 0 bridgehead atoms. The summed E-state index contributed by atoms with van der Waals surface area (Å²) in [7, 11) is 0. The van der Waals surface area contributed by atoms with Crippen molar-refractivity contribution >= 4 is 40.8 Å². The molecule has 1 aliphatic heterocycles. The molecule has 4 aromatic carbocycles. The standard InChI is InChI=1S/C31H27N3O2/c1-3-33-30(35)29(36-31(33)32-25-18-14-23(2)15-19-25)22-24-16-20-28(21-17-24)34(26-10-6-4-7-11-26)27-12-8-5-9-13-27/h4-22H,3H2,1-2H3/b29-22+,32-31+. The Hall–Kier alpha value is -4.64. The molecular weight excluding hydrogens is 446 g/mol. The molecule has 0 saturated carbocycles. The highest BCUT2D eigenvalue weighted by molar-refractivity contribution is 6.11. The first-order valence-corrected chi connectivity index (χ1v) is 12.0. The Bertz CT molecular complexity index is 1350. The molecule has 1 amide bonds. The van der Waals surface area contributed by atoms with Gasteiger partial charge in [0.15, 0.2) is 5.76 Å². The Morgan fingerprint density at radius 1 is 0.778 bits per heavy atom. The summed E-state index contributed by atoms with van der Waals surface area (Å²) in [5, 5.41) is 0. The minimum atomic E-state index is -0.192. The highest BCUT2D eigenvalue weighted by Crippen LogP contribution is 2.34. The maximum atomic E-state index is 13.0. The van der Waals surface area contributed by atoms with Crippen molar-refractivity contribution in [2.45, 2.75) is 13.8 Å². The Labute approximate surface area is 211 Å². The number of anilines is 3. The summed E-state index contributed by atoms with van der Waals surface area (Å²) in [6.07, 6.45) is 1.77. The third-order valence-corrected chi connectivity index (χ3v) is 5.94. The van der Waals surface area contributed by atoms with Gasteiger partial charge in [0, 0.05) is 23.6 Å². The third-order valence-electron chi connectivity index (χ3n) is 5.94. The van der Waals surface area contributed by atoms with E-state index >= 15 is 0 Å². The van der Waals surface area contributed by atoms with Crippen molar-refractivity contribution in [3.05, 3.63) is 126 Å². The number of hydrogen-bond donors (Lipinski definition) is 0. The summed E-state index contributed by atoms with van der Waals surface area (Å²) in [4.78, 5) is 21.3. The van der Waals surface area contributed by atoms with Crippen LogP contribution in [0, 0.1) is 6.92 Å². The molecule has 0 N–H and O–H groups in total. The van der Waals surface area contributed by atoms with Gasteiger partial charge in [0.05, 0.1) is 5.69 Å². The Kier molecular flexibility index (Phi) is 6.63. The zero-order valence-corrected chi connectivity index (χ0v) is 20.3. The minimum absolute atomic E-state index is 0.192. The van der Waals surface area contributed by atoms with Crippen molar-refractivity contribution in [3.8, 4) is 0 Å². The second kappa shape index (κ2) is 10.3. The van der Waals surface area contributed by atoms with Crippen LogP contribution in [0.4, 0.5) is 22.7 Å². The van der Waals surface area contributed by atoms with Crippen LogP contribution in [0.2, 0.25) is 0 Å². The molecule has 5 nitrogen and oxygen atoms in total. The Balaban J connectivity index is 1.43. The van der Waals surface area contributed by atoms with Crippen LogP contribution in [0.25, 0.3) is 6.08 Å². The number of hydrogen-bond acceptors (Lipinski definition) is 4. The summed E-state index contributed by atoms with van der Waals surface area (Å²) in [6.45, 7) is 4.41. The molecule has 4 aromatic rings. The number of benzene rings is 4. The van der Waals surface area contributed by atoms with E-state index in [2.05, 4.69) is 34.2 Å². The fraction of sp³-hybridized carbons (Fsp3) is 0.0968. The van der Waals surface area contributed by atoms with Gasteiger partial charge in [-0.2, -0.15) is 4.99 Å². The number of amidine groups is 1. The highest BCUT2D eigenvalue weighted by Gasteiger charge is 2.33. The third kappa shape index (κ3) is 4.91. The first-order valence-electron chi connectivity index (χ1n) is 12.0. The molecular formula is C31H27N3O2. The van der Waals surface area contributed by atoms with Crippen molar-refractivity contribution in [1.29, 1.82) is 0 Å². The summed E-state index contributed by atoms with van der Waals surface area (Å²) in [5.41, 5.74) is 5.92. The Morgan fingerprint density at radius 3 is 1.89 bits per heavy atom. The number of carbonyl (C=O) groups is 1. The predicted molar refractivity (Wildman–Crippen MR) is 146 cm³/mol. The van der Waals surface area contributed by atoms with Crippen LogP contribution in [0.5, 0.6) is 0 Å². The molecule has 1 fully saturated rings. The maximum Gasteiger partial charge on any atom is 0.305 e. The lowest BCUT2D eigenvalue weighted by molar-refractivity contribution is -0.122. The average molecular weight is 474 g/mol. The number of likely N-dealkylation sites (N-methyl/N-ethyl adjacent to an activating group) is 1. The largest absolute Gasteiger partial charge is 0.419 e.